The Balaban J connectivity index is 0.00000280. The van der Waals surface area contributed by atoms with Crippen LogP contribution < -0.4 is 10.6 Å². The molecule has 1 aromatic rings. The van der Waals surface area contributed by atoms with Crippen LogP contribution in [-0.2, 0) is 17.9 Å². The minimum atomic E-state index is 0. The van der Waals surface area contributed by atoms with Gasteiger partial charge in [-0.2, -0.15) is 0 Å². The molecule has 1 amide bonds. The average molecular weight is 498 g/mol. The standard InChI is InChI=1S/C22H34N4O.HI/c1-3-23-22(25-20-11-6-8-17(2)14-20)24-13-7-12-21(27)26-15-18-9-4-5-10-19(18)16-26;/h4-5,9-10,17,20H,3,6-8,11-16H2,1-2H3,(H2,23,24,25);1H. The van der Waals surface area contributed by atoms with E-state index in [0.717, 1.165) is 37.9 Å². The Morgan fingerprint density at radius 2 is 1.93 bits per heavy atom. The average Bonchev–Trinajstić information content (AvgIpc) is 3.09. The van der Waals surface area contributed by atoms with Crippen molar-refractivity contribution in [2.45, 2.75) is 71.5 Å². The second-order valence-corrected chi connectivity index (χ2v) is 8.00. The summed E-state index contributed by atoms with van der Waals surface area (Å²) in [5, 5.41) is 6.93. The minimum absolute atomic E-state index is 0. The highest BCUT2D eigenvalue weighted by atomic mass is 127. The number of nitrogens with one attached hydrogen (secondary N) is 2. The summed E-state index contributed by atoms with van der Waals surface area (Å²) in [6.45, 7) is 7.48. The smallest absolute Gasteiger partial charge is 0.223 e. The predicted molar refractivity (Wildman–Crippen MR) is 126 cm³/mol. The highest BCUT2D eigenvalue weighted by molar-refractivity contribution is 14.0. The second-order valence-electron chi connectivity index (χ2n) is 8.00. The summed E-state index contributed by atoms with van der Waals surface area (Å²) in [6, 6.07) is 8.85. The lowest BCUT2D eigenvalue weighted by molar-refractivity contribution is -0.131. The van der Waals surface area contributed by atoms with Gasteiger partial charge in [0, 0.05) is 38.6 Å². The van der Waals surface area contributed by atoms with Crippen LogP contribution in [0.15, 0.2) is 29.3 Å². The van der Waals surface area contributed by atoms with Crippen LogP contribution >= 0.6 is 24.0 Å². The lowest BCUT2D eigenvalue weighted by Crippen LogP contribution is -2.45. The van der Waals surface area contributed by atoms with Crippen LogP contribution in [0.1, 0.15) is 63.5 Å². The number of hydrogen-bond acceptors (Lipinski definition) is 2. The van der Waals surface area contributed by atoms with Gasteiger partial charge in [-0.3, -0.25) is 9.79 Å². The third kappa shape index (κ3) is 6.64. The Morgan fingerprint density at radius 3 is 2.57 bits per heavy atom. The Hall–Kier alpha value is -1.31. The van der Waals surface area contributed by atoms with Gasteiger partial charge in [-0.25, -0.2) is 0 Å². The Morgan fingerprint density at radius 1 is 1.21 bits per heavy atom. The zero-order valence-electron chi connectivity index (χ0n) is 17.2. The molecular formula is C22H35IN4O. The van der Waals surface area contributed by atoms with Crippen molar-refractivity contribution in [3.63, 3.8) is 0 Å². The molecule has 1 aliphatic heterocycles. The first-order valence-corrected chi connectivity index (χ1v) is 10.5. The molecule has 0 spiro atoms. The van der Waals surface area contributed by atoms with E-state index in [1.54, 1.807) is 0 Å². The van der Waals surface area contributed by atoms with E-state index in [0.29, 0.717) is 19.0 Å². The van der Waals surface area contributed by atoms with E-state index < -0.39 is 0 Å². The van der Waals surface area contributed by atoms with Gasteiger partial charge in [0.2, 0.25) is 5.91 Å². The van der Waals surface area contributed by atoms with Gasteiger partial charge in [-0.05, 0) is 43.2 Å². The summed E-state index contributed by atoms with van der Waals surface area (Å²) in [4.78, 5) is 19.1. The van der Waals surface area contributed by atoms with Crippen molar-refractivity contribution in [3.05, 3.63) is 35.4 Å². The third-order valence-electron chi connectivity index (χ3n) is 5.63. The fraction of sp³-hybridized carbons (Fsp3) is 0.636. The van der Waals surface area contributed by atoms with Crippen LogP contribution in [0.2, 0.25) is 0 Å². The number of nitrogens with zero attached hydrogens (tertiary/aromatic N) is 2. The van der Waals surface area contributed by atoms with Gasteiger partial charge in [0.25, 0.3) is 0 Å². The highest BCUT2D eigenvalue weighted by Crippen LogP contribution is 2.24. The van der Waals surface area contributed by atoms with E-state index in [4.69, 9.17) is 4.99 Å². The quantitative estimate of drug-likeness (QED) is 0.269. The highest BCUT2D eigenvalue weighted by Gasteiger charge is 2.22. The number of aliphatic imine (C=N–C) groups is 1. The number of amides is 1. The molecule has 2 unspecified atom stereocenters. The SMILES string of the molecule is CCNC(=NCCCC(=O)N1Cc2ccccc2C1)NC1CCCC(C)C1.I. The second kappa shape index (κ2) is 11.6. The van der Waals surface area contributed by atoms with Crippen LogP contribution in [0.4, 0.5) is 0 Å². The number of carbonyl (C=O) groups excluding carboxylic acids is 1. The van der Waals surface area contributed by atoms with Crippen LogP contribution in [0, 0.1) is 5.92 Å². The largest absolute Gasteiger partial charge is 0.357 e. The van der Waals surface area contributed by atoms with E-state index >= 15 is 0 Å². The molecule has 1 heterocycles. The first kappa shape index (κ1) is 23.0. The van der Waals surface area contributed by atoms with Gasteiger partial charge < -0.3 is 15.5 Å². The summed E-state index contributed by atoms with van der Waals surface area (Å²) >= 11 is 0. The van der Waals surface area contributed by atoms with Crippen LogP contribution in [0.3, 0.4) is 0 Å². The summed E-state index contributed by atoms with van der Waals surface area (Å²) in [5.41, 5.74) is 2.56. The molecule has 0 radical (unpaired) electrons. The molecule has 2 N–H and O–H groups in total. The van der Waals surface area contributed by atoms with E-state index in [9.17, 15) is 4.79 Å². The zero-order valence-corrected chi connectivity index (χ0v) is 19.6. The third-order valence-corrected chi connectivity index (χ3v) is 5.63. The van der Waals surface area contributed by atoms with E-state index in [-0.39, 0.29) is 29.9 Å². The van der Waals surface area contributed by atoms with Crippen molar-refractivity contribution < 1.29 is 4.79 Å². The molecule has 0 saturated heterocycles. The van der Waals surface area contributed by atoms with Gasteiger partial charge in [0.05, 0.1) is 0 Å². The first-order valence-electron chi connectivity index (χ1n) is 10.5. The monoisotopic (exact) mass is 498 g/mol. The van der Waals surface area contributed by atoms with Gasteiger partial charge in [0.15, 0.2) is 5.96 Å². The summed E-state index contributed by atoms with van der Waals surface area (Å²) in [6.07, 6.45) is 6.45. The molecule has 0 aromatic heterocycles. The molecule has 1 fully saturated rings. The number of guanidine groups is 1. The lowest BCUT2D eigenvalue weighted by Gasteiger charge is -2.28. The number of hydrogen-bond donors (Lipinski definition) is 2. The number of fused-ring (bicyclic) bond motifs is 1. The molecule has 1 aliphatic carbocycles. The maximum atomic E-state index is 12.5. The van der Waals surface area contributed by atoms with Crippen molar-refractivity contribution in [2.75, 3.05) is 13.1 Å². The van der Waals surface area contributed by atoms with Crippen molar-refractivity contribution in [1.29, 1.82) is 0 Å². The summed E-state index contributed by atoms with van der Waals surface area (Å²) in [5.74, 6) is 1.93. The van der Waals surface area contributed by atoms with E-state index in [2.05, 4.69) is 36.6 Å². The molecule has 0 bridgehead atoms. The van der Waals surface area contributed by atoms with Gasteiger partial charge in [-0.15, -0.1) is 24.0 Å². The first-order chi connectivity index (χ1) is 13.2. The van der Waals surface area contributed by atoms with E-state index in [1.165, 1.54) is 36.8 Å². The van der Waals surface area contributed by atoms with Crippen molar-refractivity contribution in [2.24, 2.45) is 10.9 Å². The van der Waals surface area contributed by atoms with Gasteiger partial charge in [-0.1, -0.05) is 44.0 Å². The minimum Gasteiger partial charge on any atom is -0.357 e. The fourth-order valence-corrected chi connectivity index (χ4v) is 4.17. The van der Waals surface area contributed by atoms with Gasteiger partial charge in [0.1, 0.15) is 0 Å². The Bertz CT molecular complexity index is 639. The van der Waals surface area contributed by atoms with Crippen LogP contribution in [0.5, 0.6) is 0 Å². The molecule has 6 heteroatoms. The molecule has 2 aliphatic rings. The number of carbonyl (C=O) groups is 1. The van der Waals surface area contributed by atoms with Gasteiger partial charge >= 0.3 is 0 Å². The zero-order chi connectivity index (χ0) is 19.1. The van der Waals surface area contributed by atoms with Crippen molar-refractivity contribution >= 4 is 35.8 Å². The molecule has 156 valence electrons. The molecule has 5 nitrogen and oxygen atoms in total. The lowest BCUT2D eigenvalue weighted by atomic mass is 9.87. The van der Waals surface area contributed by atoms with Crippen molar-refractivity contribution in [3.8, 4) is 0 Å². The normalized spacial score (nSPS) is 21.6. The summed E-state index contributed by atoms with van der Waals surface area (Å²) < 4.78 is 0. The maximum Gasteiger partial charge on any atom is 0.223 e. The number of halogens is 1. The van der Waals surface area contributed by atoms with Crippen LogP contribution in [0.25, 0.3) is 0 Å². The number of benzene rings is 1. The van der Waals surface area contributed by atoms with Crippen molar-refractivity contribution in [1.82, 2.24) is 15.5 Å². The molecule has 1 saturated carbocycles. The topological polar surface area (TPSA) is 56.7 Å². The fourth-order valence-electron chi connectivity index (χ4n) is 4.17. The maximum absolute atomic E-state index is 12.5. The molecule has 1 aromatic carbocycles. The summed E-state index contributed by atoms with van der Waals surface area (Å²) in [7, 11) is 0. The number of rotatable bonds is 6. The molecule has 28 heavy (non-hydrogen) atoms. The Labute approximate surface area is 186 Å². The Kier molecular flexibility index (Phi) is 9.55. The van der Waals surface area contributed by atoms with E-state index in [1.807, 2.05) is 17.0 Å². The molecule has 2 atom stereocenters. The molecular weight excluding hydrogens is 463 g/mol. The molecule has 3 rings (SSSR count). The van der Waals surface area contributed by atoms with Crippen LogP contribution in [-0.4, -0.2) is 35.9 Å². The predicted octanol–water partition coefficient (Wildman–Crippen LogP) is 4.06.